The highest BCUT2D eigenvalue weighted by atomic mass is 14.8. The van der Waals surface area contributed by atoms with Crippen LogP contribution >= 0.6 is 0 Å². The van der Waals surface area contributed by atoms with Crippen LogP contribution in [0.15, 0.2) is 84.9 Å². The van der Waals surface area contributed by atoms with Crippen molar-refractivity contribution in [1.29, 1.82) is 0 Å². The first kappa shape index (κ1) is 22.8. The topological polar surface area (TPSA) is 24.1 Å². The molecule has 0 amide bonds. The maximum Gasteiger partial charge on any atom is 0.0211 e. The average molecular weight is 449 g/mol. The molecule has 34 heavy (non-hydrogen) atoms. The van der Waals surface area contributed by atoms with E-state index in [4.69, 9.17) is 0 Å². The number of hydrogen-bond acceptors (Lipinski definition) is 2. The molecule has 5 aromatic carbocycles. The first-order chi connectivity index (χ1) is 16.9. The molecular weight excluding hydrogens is 412 g/mol. The summed E-state index contributed by atoms with van der Waals surface area (Å²) in [6.07, 6.45) is 7.89. The van der Waals surface area contributed by atoms with Crippen LogP contribution in [0.3, 0.4) is 0 Å². The lowest BCUT2D eigenvalue weighted by atomic mass is 9.92. The molecule has 0 heterocycles. The Labute approximate surface area is 203 Å². The standard InChI is InChI=1S/C32H36N2/c1(3-8-21-33-23-25-11-6-5-7-12-25)2-4-9-22-34-24-29-18-17-28-16-15-26-13-10-14-27-19-20-30(29)32(28)31(26)27/h5-7,10-20,33-34H,1-4,8-9,21-24H2. The Morgan fingerprint density at radius 1 is 0.441 bits per heavy atom. The van der Waals surface area contributed by atoms with Gasteiger partial charge in [-0.05, 0) is 69.4 Å². The van der Waals surface area contributed by atoms with Crippen LogP contribution < -0.4 is 10.6 Å². The van der Waals surface area contributed by atoms with Crippen LogP contribution in [0.25, 0.3) is 32.3 Å². The van der Waals surface area contributed by atoms with Gasteiger partial charge in [0.05, 0.1) is 0 Å². The molecule has 5 rings (SSSR count). The van der Waals surface area contributed by atoms with Crippen LogP contribution in [0.5, 0.6) is 0 Å². The smallest absolute Gasteiger partial charge is 0.0211 e. The second kappa shape index (κ2) is 11.5. The van der Waals surface area contributed by atoms with E-state index in [-0.39, 0.29) is 0 Å². The molecule has 0 atom stereocenters. The minimum Gasteiger partial charge on any atom is -0.313 e. The number of hydrogen-bond donors (Lipinski definition) is 2. The summed E-state index contributed by atoms with van der Waals surface area (Å²) in [6.45, 7) is 4.15. The molecule has 0 aliphatic carbocycles. The largest absolute Gasteiger partial charge is 0.313 e. The van der Waals surface area contributed by atoms with Crippen LogP contribution in [0.2, 0.25) is 0 Å². The minimum atomic E-state index is 0.946. The Hall–Kier alpha value is -2.94. The van der Waals surface area contributed by atoms with Gasteiger partial charge >= 0.3 is 0 Å². The zero-order valence-electron chi connectivity index (χ0n) is 20.2. The maximum atomic E-state index is 3.70. The fourth-order valence-corrected chi connectivity index (χ4v) is 5.21. The van der Waals surface area contributed by atoms with Gasteiger partial charge < -0.3 is 10.6 Å². The van der Waals surface area contributed by atoms with E-state index < -0.39 is 0 Å². The average Bonchev–Trinajstić information content (AvgIpc) is 2.89. The molecule has 0 aromatic heterocycles. The number of unbranched alkanes of at least 4 members (excludes halogenated alkanes) is 5. The summed E-state index contributed by atoms with van der Waals surface area (Å²) < 4.78 is 0. The van der Waals surface area contributed by atoms with Crippen LogP contribution in [-0.2, 0) is 13.1 Å². The van der Waals surface area contributed by atoms with Gasteiger partial charge in [0.1, 0.15) is 0 Å². The van der Waals surface area contributed by atoms with E-state index in [9.17, 15) is 0 Å². The van der Waals surface area contributed by atoms with E-state index in [1.807, 2.05) is 0 Å². The van der Waals surface area contributed by atoms with E-state index in [0.29, 0.717) is 0 Å². The second-order valence-corrected chi connectivity index (χ2v) is 9.54. The fourth-order valence-electron chi connectivity index (χ4n) is 5.21. The van der Waals surface area contributed by atoms with Crippen LogP contribution in [0.4, 0.5) is 0 Å². The van der Waals surface area contributed by atoms with Gasteiger partial charge in [0, 0.05) is 13.1 Å². The van der Waals surface area contributed by atoms with Gasteiger partial charge in [0.2, 0.25) is 0 Å². The first-order valence-electron chi connectivity index (χ1n) is 13.0. The summed E-state index contributed by atoms with van der Waals surface area (Å²) in [6, 6.07) is 31.0. The molecule has 0 aliphatic heterocycles. The Kier molecular flexibility index (Phi) is 7.70. The van der Waals surface area contributed by atoms with Gasteiger partial charge in [-0.15, -0.1) is 0 Å². The summed E-state index contributed by atoms with van der Waals surface area (Å²) in [5.41, 5.74) is 2.78. The molecule has 0 bridgehead atoms. The van der Waals surface area contributed by atoms with Crippen LogP contribution in [0.1, 0.15) is 49.7 Å². The van der Waals surface area contributed by atoms with Crippen molar-refractivity contribution in [3.63, 3.8) is 0 Å². The van der Waals surface area contributed by atoms with Gasteiger partial charge in [0.25, 0.3) is 0 Å². The maximum absolute atomic E-state index is 3.70. The number of benzene rings is 5. The molecule has 0 saturated carbocycles. The molecule has 0 radical (unpaired) electrons. The monoisotopic (exact) mass is 448 g/mol. The molecule has 0 aliphatic rings. The molecule has 0 fully saturated rings. The van der Waals surface area contributed by atoms with Crippen LogP contribution in [-0.4, -0.2) is 13.1 Å². The molecular formula is C32H36N2. The lowest BCUT2D eigenvalue weighted by Gasteiger charge is -2.14. The normalized spacial score (nSPS) is 11.8. The van der Waals surface area contributed by atoms with Gasteiger partial charge in [-0.3, -0.25) is 0 Å². The Morgan fingerprint density at radius 2 is 1.03 bits per heavy atom. The summed E-state index contributed by atoms with van der Waals surface area (Å²) in [4.78, 5) is 0. The van der Waals surface area contributed by atoms with Gasteiger partial charge in [0.15, 0.2) is 0 Å². The quantitative estimate of drug-likeness (QED) is 0.142. The third kappa shape index (κ3) is 5.41. The van der Waals surface area contributed by atoms with Crippen molar-refractivity contribution < 1.29 is 0 Å². The first-order valence-corrected chi connectivity index (χ1v) is 13.0. The predicted molar refractivity (Wildman–Crippen MR) is 148 cm³/mol. The summed E-state index contributed by atoms with van der Waals surface area (Å²) >= 11 is 0. The molecule has 0 unspecified atom stereocenters. The van der Waals surface area contributed by atoms with Crippen LogP contribution in [0, 0.1) is 0 Å². The lowest BCUT2D eigenvalue weighted by molar-refractivity contribution is 0.550. The highest BCUT2D eigenvalue weighted by Gasteiger charge is 2.10. The molecule has 0 saturated heterocycles. The summed E-state index contributed by atoms with van der Waals surface area (Å²) in [7, 11) is 0. The SMILES string of the molecule is c1ccc(CNCCCCCCCCNCc2ccc3ccc4cccc5ccc2c3c45)cc1. The number of rotatable bonds is 13. The van der Waals surface area contributed by atoms with Crippen molar-refractivity contribution >= 4 is 32.3 Å². The zero-order valence-corrected chi connectivity index (χ0v) is 20.2. The van der Waals surface area contributed by atoms with Crippen molar-refractivity contribution in [3.05, 3.63) is 96.1 Å². The van der Waals surface area contributed by atoms with Gasteiger partial charge in [-0.1, -0.05) is 111 Å². The molecule has 2 N–H and O–H groups in total. The lowest BCUT2D eigenvalue weighted by Crippen LogP contribution is -2.15. The highest BCUT2D eigenvalue weighted by molar-refractivity contribution is 6.23. The molecule has 2 heteroatoms. The Bertz CT molecular complexity index is 1290. The van der Waals surface area contributed by atoms with E-state index in [1.165, 1.54) is 82.0 Å². The Morgan fingerprint density at radius 3 is 1.76 bits per heavy atom. The predicted octanol–water partition coefficient (Wildman–Crippen LogP) is 7.80. The van der Waals surface area contributed by atoms with Crippen molar-refractivity contribution in [3.8, 4) is 0 Å². The molecule has 5 aromatic rings. The van der Waals surface area contributed by atoms with Crippen molar-refractivity contribution in [2.24, 2.45) is 0 Å². The third-order valence-corrected chi connectivity index (χ3v) is 7.06. The van der Waals surface area contributed by atoms with E-state index >= 15 is 0 Å². The zero-order chi connectivity index (χ0) is 23.0. The molecule has 2 nitrogen and oxygen atoms in total. The molecule has 174 valence electrons. The van der Waals surface area contributed by atoms with Crippen molar-refractivity contribution in [2.45, 2.75) is 51.6 Å². The second-order valence-electron chi connectivity index (χ2n) is 9.54. The Balaban J connectivity index is 1.00. The van der Waals surface area contributed by atoms with E-state index in [2.05, 4.69) is 95.6 Å². The van der Waals surface area contributed by atoms with Crippen molar-refractivity contribution in [1.82, 2.24) is 10.6 Å². The van der Waals surface area contributed by atoms with Crippen molar-refractivity contribution in [2.75, 3.05) is 13.1 Å². The molecule has 0 spiro atoms. The third-order valence-electron chi connectivity index (χ3n) is 7.06. The summed E-state index contributed by atoms with van der Waals surface area (Å²) in [5, 5.41) is 15.5. The van der Waals surface area contributed by atoms with E-state index in [1.54, 1.807) is 0 Å². The summed E-state index contributed by atoms with van der Waals surface area (Å²) in [5.74, 6) is 0. The highest BCUT2D eigenvalue weighted by Crippen LogP contribution is 2.35. The fraction of sp³-hybridized carbons (Fsp3) is 0.312. The number of nitrogens with one attached hydrogen (secondary N) is 2. The van der Waals surface area contributed by atoms with Gasteiger partial charge in [-0.2, -0.15) is 0 Å². The van der Waals surface area contributed by atoms with Gasteiger partial charge in [-0.25, -0.2) is 0 Å². The minimum absolute atomic E-state index is 0.946. The van der Waals surface area contributed by atoms with E-state index in [0.717, 1.165) is 26.2 Å².